The molecule has 0 N–H and O–H groups in total. The minimum absolute atomic E-state index is 0.123. The fourth-order valence-electron chi connectivity index (χ4n) is 2.25. The number of halogens is 2. The van der Waals surface area contributed by atoms with Gasteiger partial charge in [0.2, 0.25) is 16.1 Å². The molecule has 0 aliphatic carbocycles. The quantitative estimate of drug-likeness (QED) is 0.539. The van der Waals surface area contributed by atoms with Gasteiger partial charge >= 0.3 is 0 Å². The molecule has 1 saturated heterocycles. The van der Waals surface area contributed by atoms with Crippen molar-refractivity contribution in [3.8, 4) is 0 Å². The first-order chi connectivity index (χ1) is 9.86. The molecule has 0 spiro atoms. The van der Waals surface area contributed by atoms with E-state index in [1.807, 2.05) is 6.92 Å². The van der Waals surface area contributed by atoms with Crippen LogP contribution in [0.1, 0.15) is 18.4 Å². The molecule has 1 aliphatic rings. The van der Waals surface area contributed by atoms with Gasteiger partial charge in [-0.3, -0.25) is 0 Å². The lowest BCUT2D eigenvalue weighted by Gasteiger charge is -2.29. The average molecular weight is 438 g/mol. The molecule has 1 fully saturated rings. The van der Waals surface area contributed by atoms with Crippen molar-refractivity contribution in [2.45, 2.75) is 30.7 Å². The van der Waals surface area contributed by atoms with E-state index in [1.54, 1.807) is 12.1 Å². The van der Waals surface area contributed by atoms with Gasteiger partial charge in [-0.05, 0) is 53.4 Å². The van der Waals surface area contributed by atoms with E-state index in [9.17, 15) is 13.2 Å². The van der Waals surface area contributed by atoms with Gasteiger partial charge in [0.05, 0.1) is 10.9 Å². The molecule has 1 aromatic rings. The summed E-state index contributed by atoms with van der Waals surface area (Å²) < 4.78 is 28.1. The minimum Gasteiger partial charge on any atom is -0.211 e. The molecule has 5 nitrogen and oxygen atoms in total. The Morgan fingerprint density at radius 3 is 2.43 bits per heavy atom. The van der Waals surface area contributed by atoms with Gasteiger partial charge in [-0.1, -0.05) is 15.9 Å². The molecule has 1 aromatic carbocycles. The largest absolute Gasteiger partial charge is 0.244 e. The molecule has 0 aromatic heterocycles. The number of benzene rings is 1. The van der Waals surface area contributed by atoms with Gasteiger partial charge in [0.15, 0.2) is 0 Å². The number of aliphatic imine (C=N–C) groups is 1. The van der Waals surface area contributed by atoms with Crippen LogP contribution in [0.5, 0.6) is 0 Å². The molecule has 0 amide bonds. The first kappa shape index (κ1) is 16.8. The van der Waals surface area contributed by atoms with Gasteiger partial charge < -0.3 is 0 Å². The standard InChI is InChI=1S/C13H14Br2N2O3S/c1-9-6-12(15)13(7-11(9)14)21(19,20)17-4-2-10(3-5-17)16-8-18/h6-7,10H,2-5H2,1H3. The SMILES string of the molecule is Cc1cc(Br)c(S(=O)(=O)N2CCC(N=C=O)CC2)cc1Br. The third-order valence-corrected chi connectivity index (χ3v) is 7.20. The Hall–Kier alpha value is -0.530. The molecule has 8 heteroatoms. The van der Waals surface area contributed by atoms with Gasteiger partial charge in [0, 0.05) is 22.0 Å². The Labute approximate surface area is 140 Å². The van der Waals surface area contributed by atoms with Crippen molar-refractivity contribution in [1.29, 1.82) is 0 Å². The smallest absolute Gasteiger partial charge is 0.211 e. The number of carbonyl (C=O) groups excluding carboxylic acids is 1. The van der Waals surface area contributed by atoms with E-state index in [0.29, 0.717) is 30.4 Å². The lowest BCUT2D eigenvalue weighted by molar-refractivity contribution is 0.320. The number of hydrogen-bond acceptors (Lipinski definition) is 4. The Morgan fingerprint density at radius 2 is 1.86 bits per heavy atom. The predicted molar refractivity (Wildman–Crippen MR) is 86.5 cm³/mol. The van der Waals surface area contributed by atoms with Crippen LogP contribution in [0.4, 0.5) is 0 Å². The predicted octanol–water partition coefficient (Wildman–Crippen LogP) is 3.01. The Bertz CT molecular complexity index is 692. The highest BCUT2D eigenvalue weighted by Gasteiger charge is 2.31. The van der Waals surface area contributed by atoms with Crippen molar-refractivity contribution in [2.24, 2.45) is 4.99 Å². The molecule has 1 heterocycles. The van der Waals surface area contributed by atoms with E-state index < -0.39 is 10.0 Å². The van der Waals surface area contributed by atoms with E-state index in [1.165, 1.54) is 10.4 Å². The average Bonchev–Trinajstić information content (AvgIpc) is 2.43. The van der Waals surface area contributed by atoms with Crippen LogP contribution in [-0.4, -0.2) is 37.9 Å². The number of sulfonamides is 1. The van der Waals surface area contributed by atoms with Gasteiger partial charge in [-0.15, -0.1) is 0 Å². The maximum absolute atomic E-state index is 12.7. The number of nitrogens with zero attached hydrogens (tertiary/aromatic N) is 2. The summed E-state index contributed by atoms with van der Waals surface area (Å²) in [7, 11) is -3.55. The monoisotopic (exact) mass is 436 g/mol. The van der Waals surface area contributed by atoms with E-state index >= 15 is 0 Å². The Balaban J connectivity index is 2.27. The summed E-state index contributed by atoms with van der Waals surface area (Å²) in [6.45, 7) is 2.61. The lowest BCUT2D eigenvalue weighted by Crippen LogP contribution is -2.39. The summed E-state index contributed by atoms with van der Waals surface area (Å²) in [4.78, 5) is 14.2. The van der Waals surface area contributed by atoms with Crippen molar-refractivity contribution in [3.05, 3.63) is 26.6 Å². The summed E-state index contributed by atoms with van der Waals surface area (Å²) in [5, 5.41) is 0. The van der Waals surface area contributed by atoms with E-state index in [4.69, 9.17) is 0 Å². The van der Waals surface area contributed by atoms with Gasteiger partial charge in [0.1, 0.15) is 0 Å². The molecule has 0 saturated carbocycles. The van der Waals surface area contributed by atoms with E-state index in [-0.39, 0.29) is 10.9 Å². The maximum Gasteiger partial charge on any atom is 0.244 e. The van der Waals surface area contributed by atoms with Crippen LogP contribution in [0.3, 0.4) is 0 Å². The maximum atomic E-state index is 12.7. The fourth-order valence-corrected chi connectivity index (χ4v) is 5.36. The number of aryl methyl sites for hydroxylation is 1. The Morgan fingerprint density at radius 1 is 1.24 bits per heavy atom. The van der Waals surface area contributed by atoms with Crippen LogP contribution in [-0.2, 0) is 14.8 Å². The number of rotatable bonds is 3. The fraction of sp³-hybridized carbons (Fsp3) is 0.462. The van der Waals surface area contributed by atoms with Crippen molar-refractivity contribution < 1.29 is 13.2 Å². The summed E-state index contributed by atoms with van der Waals surface area (Å²) in [6.07, 6.45) is 2.62. The number of isocyanates is 1. The molecule has 1 aliphatic heterocycles. The molecular weight excluding hydrogens is 424 g/mol. The van der Waals surface area contributed by atoms with Crippen LogP contribution < -0.4 is 0 Å². The van der Waals surface area contributed by atoms with E-state index in [2.05, 4.69) is 36.9 Å². The molecule has 0 atom stereocenters. The highest BCUT2D eigenvalue weighted by atomic mass is 79.9. The summed E-state index contributed by atoms with van der Waals surface area (Å²) in [5.41, 5.74) is 0.958. The zero-order chi connectivity index (χ0) is 15.6. The van der Waals surface area contributed by atoms with Gasteiger partial charge in [0.25, 0.3) is 0 Å². The Kier molecular flexibility index (Phi) is 5.38. The highest BCUT2D eigenvalue weighted by molar-refractivity contribution is 9.11. The summed E-state index contributed by atoms with van der Waals surface area (Å²) in [5.74, 6) is 0. The third kappa shape index (κ3) is 3.63. The summed E-state index contributed by atoms with van der Waals surface area (Å²) >= 11 is 6.69. The van der Waals surface area contributed by atoms with Gasteiger partial charge in [-0.25, -0.2) is 18.2 Å². The normalized spacial score (nSPS) is 17.5. The zero-order valence-corrected chi connectivity index (χ0v) is 15.3. The van der Waals surface area contributed by atoms with Crippen LogP contribution in [0.2, 0.25) is 0 Å². The van der Waals surface area contributed by atoms with Crippen molar-refractivity contribution in [3.63, 3.8) is 0 Å². The molecule has 114 valence electrons. The molecule has 0 bridgehead atoms. The van der Waals surface area contributed by atoms with Crippen molar-refractivity contribution >= 4 is 48.0 Å². The number of hydrogen-bond donors (Lipinski definition) is 0. The topological polar surface area (TPSA) is 66.8 Å². The van der Waals surface area contributed by atoms with Crippen LogP contribution >= 0.6 is 31.9 Å². The minimum atomic E-state index is -3.55. The lowest BCUT2D eigenvalue weighted by atomic mass is 10.1. The molecular formula is C13H14Br2N2O3S. The van der Waals surface area contributed by atoms with Crippen molar-refractivity contribution in [2.75, 3.05) is 13.1 Å². The van der Waals surface area contributed by atoms with Crippen molar-refractivity contribution in [1.82, 2.24) is 4.31 Å². The summed E-state index contributed by atoms with van der Waals surface area (Å²) in [6, 6.07) is 3.27. The van der Waals surface area contributed by atoms with Crippen LogP contribution in [0, 0.1) is 6.92 Å². The molecule has 0 unspecified atom stereocenters. The van der Waals surface area contributed by atoms with Crippen LogP contribution in [0.25, 0.3) is 0 Å². The first-order valence-electron chi connectivity index (χ1n) is 6.39. The zero-order valence-electron chi connectivity index (χ0n) is 11.3. The molecule has 2 rings (SSSR count). The number of piperidine rings is 1. The highest BCUT2D eigenvalue weighted by Crippen LogP contribution is 2.32. The van der Waals surface area contributed by atoms with E-state index in [0.717, 1.165) is 10.0 Å². The molecule has 21 heavy (non-hydrogen) atoms. The van der Waals surface area contributed by atoms with Crippen LogP contribution in [0.15, 0.2) is 31.0 Å². The second-order valence-electron chi connectivity index (χ2n) is 4.89. The second kappa shape index (κ2) is 6.71. The second-order valence-corrected chi connectivity index (χ2v) is 8.50. The van der Waals surface area contributed by atoms with Gasteiger partial charge in [-0.2, -0.15) is 4.31 Å². The first-order valence-corrected chi connectivity index (χ1v) is 9.41. The molecule has 0 radical (unpaired) electrons. The third-order valence-electron chi connectivity index (χ3n) is 3.49.